The number of aryl methyl sites for hydroxylation is 1. The van der Waals surface area contributed by atoms with E-state index in [4.69, 9.17) is 9.47 Å². The molecule has 6 nitrogen and oxygen atoms in total. The molecule has 29 heavy (non-hydrogen) atoms. The van der Waals surface area contributed by atoms with E-state index in [9.17, 15) is 9.18 Å². The third kappa shape index (κ3) is 4.39. The summed E-state index contributed by atoms with van der Waals surface area (Å²) in [4.78, 5) is 12.8. The zero-order valence-electron chi connectivity index (χ0n) is 16.2. The summed E-state index contributed by atoms with van der Waals surface area (Å²) in [7, 11) is 1.78. The molecule has 4 rings (SSSR count). The SMILES string of the molecule is Cn1cc(C(=O)NCCc2ccc(F)cc2)c(-c2ccc3c(c2)OCCCO3)n1. The van der Waals surface area contributed by atoms with E-state index >= 15 is 0 Å². The Labute approximate surface area is 168 Å². The minimum atomic E-state index is -0.270. The number of nitrogens with one attached hydrogen (secondary N) is 1. The second-order valence-corrected chi connectivity index (χ2v) is 6.91. The fraction of sp³-hybridized carbons (Fsp3) is 0.273. The minimum Gasteiger partial charge on any atom is -0.490 e. The summed E-state index contributed by atoms with van der Waals surface area (Å²) < 4.78 is 26.0. The lowest BCUT2D eigenvalue weighted by atomic mass is 10.1. The highest BCUT2D eigenvalue weighted by Crippen LogP contribution is 2.34. The molecule has 0 aliphatic carbocycles. The number of carbonyl (C=O) groups is 1. The number of rotatable bonds is 5. The Kier molecular flexibility index (Phi) is 5.46. The summed E-state index contributed by atoms with van der Waals surface area (Å²) in [6.07, 6.45) is 3.15. The highest BCUT2D eigenvalue weighted by atomic mass is 19.1. The Morgan fingerprint density at radius 2 is 1.90 bits per heavy atom. The van der Waals surface area contributed by atoms with Gasteiger partial charge in [-0.05, 0) is 42.3 Å². The Morgan fingerprint density at radius 3 is 2.69 bits per heavy atom. The Hall–Kier alpha value is -3.35. The highest BCUT2D eigenvalue weighted by Gasteiger charge is 2.19. The van der Waals surface area contributed by atoms with Gasteiger partial charge < -0.3 is 14.8 Å². The summed E-state index contributed by atoms with van der Waals surface area (Å²) in [5.41, 5.74) is 2.82. The van der Waals surface area contributed by atoms with Gasteiger partial charge in [0, 0.05) is 31.8 Å². The fourth-order valence-electron chi connectivity index (χ4n) is 3.25. The van der Waals surface area contributed by atoms with E-state index in [2.05, 4.69) is 10.4 Å². The maximum atomic E-state index is 13.0. The molecular weight excluding hydrogens is 373 g/mol. The van der Waals surface area contributed by atoms with Crippen molar-refractivity contribution < 1.29 is 18.7 Å². The lowest BCUT2D eigenvalue weighted by Gasteiger charge is -2.09. The third-order valence-electron chi connectivity index (χ3n) is 4.71. The number of aromatic nitrogens is 2. The molecule has 1 N–H and O–H groups in total. The maximum Gasteiger partial charge on any atom is 0.255 e. The summed E-state index contributed by atoms with van der Waals surface area (Å²) >= 11 is 0. The highest BCUT2D eigenvalue weighted by molar-refractivity contribution is 5.99. The molecular formula is C22H22FN3O3. The van der Waals surface area contributed by atoms with Crippen LogP contribution in [0.1, 0.15) is 22.3 Å². The fourth-order valence-corrected chi connectivity index (χ4v) is 3.25. The minimum absolute atomic E-state index is 0.206. The summed E-state index contributed by atoms with van der Waals surface area (Å²) in [5, 5.41) is 7.38. The topological polar surface area (TPSA) is 65.4 Å². The Morgan fingerprint density at radius 1 is 1.14 bits per heavy atom. The van der Waals surface area contributed by atoms with Crippen LogP contribution in [0.15, 0.2) is 48.7 Å². The predicted octanol–water partition coefficient (Wildman–Crippen LogP) is 3.36. The van der Waals surface area contributed by atoms with Crippen molar-refractivity contribution in [3.63, 3.8) is 0 Å². The van der Waals surface area contributed by atoms with Gasteiger partial charge in [-0.1, -0.05) is 12.1 Å². The molecule has 0 saturated heterocycles. The van der Waals surface area contributed by atoms with Gasteiger partial charge >= 0.3 is 0 Å². The van der Waals surface area contributed by atoms with Crippen molar-refractivity contribution in [2.75, 3.05) is 19.8 Å². The second-order valence-electron chi connectivity index (χ2n) is 6.91. The second kappa shape index (κ2) is 8.34. The number of ether oxygens (including phenoxy) is 2. The van der Waals surface area contributed by atoms with Crippen LogP contribution in [0.25, 0.3) is 11.3 Å². The van der Waals surface area contributed by atoms with Crippen molar-refractivity contribution in [1.82, 2.24) is 15.1 Å². The quantitative estimate of drug-likeness (QED) is 0.720. The monoisotopic (exact) mass is 395 g/mol. The molecule has 0 atom stereocenters. The van der Waals surface area contributed by atoms with Crippen molar-refractivity contribution in [1.29, 1.82) is 0 Å². The van der Waals surface area contributed by atoms with E-state index in [1.165, 1.54) is 12.1 Å². The molecule has 1 aliphatic rings. The van der Waals surface area contributed by atoms with Crippen molar-refractivity contribution in [3.8, 4) is 22.8 Å². The molecule has 3 aromatic rings. The van der Waals surface area contributed by atoms with Gasteiger partial charge in [0.15, 0.2) is 11.5 Å². The van der Waals surface area contributed by atoms with Gasteiger partial charge in [0.05, 0.1) is 18.8 Å². The van der Waals surface area contributed by atoms with E-state index < -0.39 is 0 Å². The van der Waals surface area contributed by atoms with Crippen LogP contribution in [-0.2, 0) is 13.5 Å². The number of nitrogens with zero attached hydrogens (tertiary/aromatic N) is 2. The zero-order valence-corrected chi connectivity index (χ0v) is 16.2. The number of hydrogen-bond donors (Lipinski definition) is 1. The van der Waals surface area contributed by atoms with E-state index in [1.807, 2.05) is 18.2 Å². The molecule has 2 heterocycles. The van der Waals surface area contributed by atoms with Crippen molar-refractivity contribution in [3.05, 3.63) is 65.6 Å². The average molecular weight is 395 g/mol. The van der Waals surface area contributed by atoms with E-state index in [1.54, 1.807) is 30.1 Å². The van der Waals surface area contributed by atoms with Crippen LogP contribution in [0.3, 0.4) is 0 Å². The van der Waals surface area contributed by atoms with Gasteiger partial charge in [0.25, 0.3) is 5.91 Å². The van der Waals surface area contributed by atoms with Crippen molar-refractivity contribution >= 4 is 5.91 Å². The third-order valence-corrected chi connectivity index (χ3v) is 4.71. The van der Waals surface area contributed by atoms with Crippen molar-refractivity contribution in [2.45, 2.75) is 12.8 Å². The molecule has 0 spiro atoms. The standard InChI is InChI=1S/C22H22FN3O3/c1-26-14-18(22(27)24-10-9-15-3-6-17(23)7-4-15)21(25-26)16-5-8-19-20(13-16)29-12-2-11-28-19/h3-8,13-14H,2,9-12H2,1H3,(H,24,27). The first-order chi connectivity index (χ1) is 14.1. The number of fused-ring (bicyclic) bond motifs is 1. The van der Waals surface area contributed by atoms with E-state index in [0.717, 1.165) is 17.5 Å². The van der Waals surface area contributed by atoms with E-state index in [0.29, 0.717) is 48.9 Å². The van der Waals surface area contributed by atoms with E-state index in [-0.39, 0.29) is 11.7 Å². The maximum absolute atomic E-state index is 13.0. The van der Waals surface area contributed by atoms with Crippen LogP contribution in [0.5, 0.6) is 11.5 Å². The van der Waals surface area contributed by atoms with Gasteiger partial charge in [-0.25, -0.2) is 4.39 Å². The molecule has 0 radical (unpaired) electrons. The molecule has 0 unspecified atom stereocenters. The Bertz CT molecular complexity index is 1010. The molecule has 0 saturated carbocycles. The molecule has 7 heteroatoms. The first-order valence-electron chi connectivity index (χ1n) is 9.56. The summed E-state index contributed by atoms with van der Waals surface area (Å²) in [5.74, 6) is 0.885. The number of halogens is 1. The normalized spacial score (nSPS) is 13.0. The predicted molar refractivity (Wildman–Crippen MR) is 107 cm³/mol. The molecule has 0 fully saturated rings. The van der Waals surface area contributed by atoms with Crippen LogP contribution in [0.2, 0.25) is 0 Å². The number of benzene rings is 2. The lowest BCUT2D eigenvalue weighted by Crippen LogP contribution is -2.25. The van der Waals surface area contributed by atoms with Gasteiger partial charge in [-0.3, -0.25) is 9.48 Å². The van der Waals surface area contributed by atoms with Crippen LogP contribution >= 0.6 is 0 Å². The number of carbonyl (C=O) groups excluding carboxylic acids is 1. The largest absolute Gasteiger partial charge is 0.490 e. The summed E-state index contributed by atoms with van der Waals surface area (Å²) in [6.45, 7) is 1.66. The van der Waals surface area contributed by atoms with Crippen LogP contribution in [0, 0.1) is 5.82 Å². The Balaban J connectivity index is 1.49. The average Bonchev–Trinajstić information content (AvgIpc) is 2.96. The van der Waals surface area contributed by atoms with Gasteiger partial charge in [0.1, 0.15) is 11.5 Å². The lowest BCUT2D eigenvalue weighted by molar-refractivity contribution is 0.0954. The van der Waals surface area contributed by atoms with Gasteiger partial charge in [-0.15, -0.1) is 0 Å². The molecule has 1 aliphatic heterocycles. The van der Waals surface area contributed by atoms with Crippen molar-refractivity contribution in [2.24, 2.45) is 7.05 Å². The zero-order chi connectivity index (χ0) is 20.2. The first-order valence-corrected chi connectivity index (χ1v) is 9.56. The smallest absolute Gasteiger partial charge is 0.255 e. The molecule has 0 bridgehead atoms. The molecule has 1 amide bonds. The summed E-state index contributed by atoms with van der Waals surface area (Å²) in [6, 6.07) is 11.9. The van der Waals surface area contributed by atoms with Gasteiger partial charge in [-0.2, -0.15) is 5.10 Å². The molecule has 1 aromatic heterocycles. The van der Waals surface area contributed by atoms with Crippen LogP contribution < -0.4 is 14.8 Å². The molecule has 2 aromatic carbocycles. The number of hydrogen-bond acceptors (Lipinski definition) is 4. The number of amides is 1. The first kappa shape index (κ1) is 19.0. The van der Waals surface area contributed by atoms with Crippen LogP contribution in [0.4, 0.5) is 4.39 Å². The van der Waals surface area contributed by atoms with Gasteiger partial charge in [0.2, 0.25) is 0 Å². The molecule has 150 valence electrons. The van der Waals surface area contributed by atoms with Crippen LogP contribution in [-0.4, -0.2) is 35.4 Å².